The summed E-state index contributed by atoms with van der Waals surface area (Å²) in [5, 5.41) is 3.69. The molecule has 8 heteroatoms. The second-order valence-corrected chi connectivity index (χ2v) is 3.78. The number of primary amides is 1. The Balaban J connectivity index is 2.58. The number of hydrogen-bond donors (Lipinski definition) is 2. The fraction of sp³-hybridized carbons (Fsp3) is 0.0909. The van der Waals surface area contributed by atoms with Crippen molar-refractivity contribution in [3.63, 3.8) is 0 Å². The summed E-state index contributed by atoms with van der Waals surface area (Å²) in [7, 11) is 0. The number of alkyl halides is 3. The molecule has 1 amide bonds. The zero-order chi connectivity index (χ0) is 14.2. The molecule has 1 aromatic heterocycles. The number of benzene rings is 1. The van der Waals surface area contributed by atoms with Crippen molar-refractivity contribution in [1.29, 1.82) is 0 Å². The van der Waals surface area contributed by atoms with Gasteiger partial charge in [-0.25, -0.2) is 4.68 Å². The van der Waals surface area contributed by atoms with E-state index in [9.17, 15) is 18.0 Å². The normalized spacial score (nSPS) is 11.5. The average Bonchev–Trinajstić information content (AvgIpc) is 2.77. The molecule has 0 atom stereocenters. The van der Waals surface area contributed by atoms with Crippen LogP contribution in [-0.2, 0) is 6.18 Å². The molecular weight excluding hydrogens is 261 g/mol. The van der Waals surface area contributed by atoms with Gasteiger partial charge in [0.1, 0.15) is 5.69 Å². The fourth-order valence-electron chi connectivity index (χ4n) is 1.57. The lowest BCUT2D eigenvalue weighted by Gasteiger charge is -2.13. The van der Waals surface area contributed by atoms with Crippen LogP contribution in [0.2, 0.25) is 0 Å². The number of hydrogen-bond acceptors (Lipinski definition) is 3. The summed E-state index contributed by atoms with van der Waals surface area (Å²) >= 11 is 0. The number of rotatable bonds is 2. The maximum absolute atomic E-state index is 12.9. The van der Waals surface area contributed by atoms with Gasteiger partial charge in [-0.1, -0.05) is 0 Å². The van der Waals surface area contributed by atoms with E-state index < -0.39 is 17.6 Å². The molecule has 0 saturated heterocycles. The van der Waals surface area contributed by atoms with Gasteiger partial charge in [0, 0.05) is 11.9 Å². The molecule has 2 rings (SSSR count). The molecule has 0 spiro atoms. The highest BCUT2D eigenvalue weighted by Crippen LogP contribution is 2.34. The first-order chi connectivity index (χ1) is 8.79. The summed E-state index contributed by atoms with van der Waals surface area (Å²) in [4.78, 5) is 10.9. The number of nitrogens with two attached hydrogens (primary N) is 2. The Hall–Kier alpha value is -2.51. The van der Waals surface area contributed by atoms with Gasteiger partial charge in [0.2, 0.25) is 0 Å². The van der Waals surface area contributed by atoms with Gasteiger partial charge in [-0.2, -0.15) is 18.3 Å². The van der Waals surface area contributed by atoms with E-state index in [0.717, 1.165) is 10.7 Å². The predicted molar refractivity (Wildman–Crippen MR) is 61.5 cm³/mol. The van der Waals surface area contributed by atoms with E-state index >= 15 is 0 Å². The Bertz CT molecular complexity index is 633. The van der Waals surface area contributed by atoms with Crippen molar-refractivity contribution in [2.24, 2.45) is 5.73 Å². The summed E-state index contributed by atoms with van der Waals surface area (Å²) in [6.45, 7) is 0. The molecule has 100 valence electrons. The number of halogens is 3. The van der Waals surface area contributed by atoms with Crippen LogP contribution in [0.5, 0.6) is 0 Å². The van der Waals surface area contributed by atoms with E-state index in [2.05, 4.69) is 5.10 Å². The molecule has 0 aliphatic heterocycles. The second kappa shape index (κ2) is 4.30. The molecule has 0 aliphatic rings. The minimum atomic E-state index is -4.58. The third-order valence-corrected chi connectivity index (χ3v) is 2.41. The number of anilines is 1. The molecule has 0 fully saturated rings. The first kappa shape index (κ1) is 12.9. The standard InChI is InChI=1S/C11H9F3N4O/c12-11(13,14)7-5-6(15)1-2-9(7)18-4-3-8(17-18)10(16)19/h1-5H,15H2,(H2,16,19). The van der Waals surface area contributed by atoms with Crippen molar-refractivity contribution in [2.75, 3.05) is 5.73 Å². The molecule has 0 aliphatic carbocycles. The first-order valence-corrected chi connectivity index (χ1v) is 5.11. The number of amides is 1. The Morgan fingerprint density at radius 3 is 2.47 bits per heavy atom. The van der Waals surface area contributed by atoms with Gasteiger partial charge < -0.3 is 11.5 Å². The largest absolute Gasteiger partial charge is 0.418 e. The van der Waals surface area contributed by atoms with Crippen LogP contribution >= 0.6 is 0 Å². The van der Waals surface area contributed by atoms with Crippen molar-refractivity contribution in [1.82, 2.24) is 9.78 Å². The van der Waals surface area contributed by atoms with E-state index in [-0.39, 0.29) is 17.1 Å². The maximum atomic E-state index is 12.9. The van der Waals surface area contributed by atoms with Gasteiger partial charge in [0.15, 0.2) is 0 Å². The molecule has 1 aromatic carbocycles. The summed E-state index contributed by atoms with van der Waals surface area (Å²) in [6, 6.07) is 4.53. The van der Waals surface area contributed by atoms with Crippen LogP contribution in [0.1, 0.15) is 16.1 Å². The SMILES string of the molecule is NC(=O)c1ccn(-c2ccc(N)cc2C(F)(F)F)n1. The monoisotopic (exact) mass is 270 g/mol. The highest BCUT2D eigenvalue weighted by atomic mass is 19.4. The lowest BCUT2D eigenvalue weighted by atomic mass is 10.1. The molecule has 2 aromatic rings. The Morgan fingerprint density at radius 1 is 1.26 bits per heavy atom. The molecule has 0 unspecified atom stereocenters. The minimum Gasteiger partial charge on any atom is -0.399 e. The zero-order valence-electron chi connectivity index (χ0n) is 9.48. The van der Waals surface area contributed by atoms with Crippen LogP contribution in [0.25, 0.3) is 5.69 Å². The fourth-order valence-corrected chi connectivity index (χ4v) is 1.57. The Morgan fingerprint density at radius 2 is 1.95 bits per heavy atom. The zero-order valence-corrected chi connectivity index (χ0v) is 9.48. The topological polar surface area (TPSA) is 86.9 Å². The molecule has 1 heterocycles. The van der Waals surface area contributed by atoms with Crippen LogP contribution in [0.3, 0.4) is 0 Å². The lowest BCUT2D eigenvalue weighted by molar-refractivity contribution is -0.137. The molecule has 5 nitrogen and oxygen atoms in total. The number of aromatic nitrogens is 2. The highest BCUT2D eigenvalue weighted by molar-refractivity contribution is 5.90. The van der Waals surface area contributed by atoms with Gasteiger partial charge in [-0.05, 0) is 24.3 Å². The van der Waals surface area contributed by atoms with Gasteiger partial charge in [-0.3, -0.25) is 4.79 Å². The number of nitrogens with zero attached hydrogens (tertiary/aromatic N) is 2. The van der Waals surface area contributed by atoms with Crippen molar-refractivity contribution < 1.29 is 18.0 Å². The summed E-state index contributed by atoms with van der Waals surface area (Å²) in [5.41, 5.74) is 9.05. The highest BCUT2D eigenvalue weighted by Gasteiger charge is 2.34. The quantitative estimate of drug-likeness (QED) is 0.812. The first-order valence-electron chi connectivity index (χ1n) is 5.11. The molecule has 0 radical (unpaired) electrons. The number of carbonyl (C=O) groups excluding carboxylic acids is 1. The van der Waals surface area contributed by atoms with Crippen LogP contribution in [0.15, 0.2) is 30.5 Å². The lowest BCUT2D eigenvalue weighted by Crippen LogP contribution is -2.14. The van der Waals surface area contributed by atoms with Crippen molar-refractivity contribution in [3.8, 4) is 5.69 Å². The van der Waals surface area contributed by atoms with E-state index in [1.807, 2.05) is 0 Å². The minimum absolute atomic E-state index is 0.0154. The Labute approximate surface area is 105 Å². The summed E-state index contributed by atoms with van der Waals surface area (Å²) in [6.07, 6.45) is -3.36. The summed E-state index contributed by atoms with van der Waals surface area (Å²) in [5.74, 6) is -0.817. The average molecular weight is 270 g/mol. The second-order valence-electron chi connectivity index (χ2n) is 3.78. The molecule has 0 bridgehead atoms. The van der Waals surface area contributed by atoms with E-state index in [4.69, 9.17) is 11.5 Å². The van der Waals surface area contributed by atoms with E-state index in [0.29, 0.717) is 0 Å². The van der Waals surface area contributed by atoms with E-state index in [1.165, 1.54) is 24.4 Å². The van der Waals surface area contributed by atoms with Crippen molar-refractivity contribution in [3.05, 3.63) is 41.7 Å². The van der Waals surface area contributed by atoms with Crippen LogP contribution in [-0.4, -0.2) is 15.7 Å². The number of carbonyl (C=O) groups is 1. The molecule has 4 N–H and O–H groups in total. The van der Waals surface area contributed by atoms with Gasteiger partial charge in [0.05, 0.1) is 11.3 Å². The number of nitrogen functional groups attached to an aromatic ring is 1. The molecule has 19 heavy (non-hydrogen) atoms. The summed E-state index contributed by atoms with van der Waals surface area (Å²) < 4.78 is 39.6. The maximum Gasteiger partial charge on any atom is 0.418 e. The Kier molecular flexibility index (Phi) is 2.93. The van der Waals surface area contributed by atoms with Crippen molar-refractivity contribution in [2.45, 2.75) is 6.18 Å². The third kappa shape index (κ3) is 2.51. The van der Waals surface area contributed by atoms with Crippen molar-refractivity contribution >= 4 is 11.6 Å². The van der Waals surface area contributed by atoms with Gasteiger partial charge in [-0.15, -0.1) is 0 Å². The predicted octanol–water partition coefficient (Wildman–Crippen LogP) is 1.57. The van der Waals surface area contributed by atoms with E-state index in [1.54, 1.807) is 0 Å². The van der Waals surface area contributed by atoms with Crippen LogP contribution in [0.4, 0.5) is 18.9 Å². The molecular formula is C11H9F3N4O. The molecule has 0 saturated carbocycles. The van der Waals surface area contributed by atoms with Crippen LogP contribution < -0.4 is 11.5 Å². The van der Waals surface area contributed by atoms with Gasteiger partial charge >= 0.3 is 6.18 Å². The van der Waals surface area contributed by atoms with Gasteiger partial charge in [0.25, 0.3) is 5.91 Å². The third-order valence-electron chi connectivity index (χ3n) is 2.41. The smallest absolute Gasteiger partial charge is 0.399 e. The van der Waals surface area contributed by atoms with Crippen LogP contribution in [0, 0.1) is 0 Å².